The summed E-state index contributed by atoms with van der Waals surface area (Å²) in [6, 6.07) is 6.67. The zero-order chi connectivity index (χ0) is 9.05. The summed E-state index contributed by atoms with van der Waals surface area (Å²) < 4.78 is 0.270. The number of thioether (sulfide) groups is 1. The smallest absolute Gasteiger partial charge is 0.0572 e. The van der Waals surface area contributed by atoms with Crippen molar-refractivity contribution in [2.24, 2.45) is 0 Å². The average Bonchev–Trinajstić information content (AvgIpc) is 2.59. The van der Waals surface area contributed by atoms with Crippen molar-refractivity contribution in [2.45, 2.75) is 23.8 Å². The summed E-state index contributed by atoms with van der Waals surface area (Å²) in [5.74, 6) is 0. The van der Waals surface area contributed by atoms with Gasteiger partial charge in [-0.2, -0.15) is 0 Å². The Kier molecular flexibility index (Phi) is 1.31. The summed E-state index contributed by atoms with van der Waals surface area (Å²) in [5.41, 5.74) is 4.55. The van der Waals surface area contributed by atoms with Gasteiger partial charge in [0.15, 0.2) is 0 Å². The summed E-state index contributed by atoms with van der Waals surface area (Å²) in [7, 11) is 0. The first-order chi connectivity index (χ1) is 6.21. The van der Waals surface area contributed by atoms with Crippen molar-refractivity contribution < 1.29 is 0 Å². The molecule has 13 heavy (non-hydrogen) atoms. The molecule has 0 amide bonds. The van der Waals surface area contributed by atoms with E-state index in [9.17, 15) is 0 Å². The fourth-order valence-electron chi connectivity index (χ4n) is 2.41. The van der Waals surface area contributed by atoms with E-state index in [0.29, 0.717) is 5.25 Å². The molecule has 0 aromatic heterocycles. The maximum atomic E-state index is 2.35. The Bertz CT molecular complexity index is 406. The number of fused-ring (bicyclic) bond motifs is 5. The van der Waals surface area contributed by atoms with Gasteiger partial charge in [-0.25, -0.2) is 0 Å². The van der Waals surface area contributed by atoms with Crippen LogP contribution in [0.4, 0.5) is 0 Å². The van der Waals surface area contributed by atoms with E-state index in [4.69, 9.17) is 0 Å². The highest BCUT2D eigenvalue weighted by Crippen LogP contribution is 2.61. The molecule has 1 aromatic carbocycles. The normalized spacial score (nSPS) is 33.8. The van der Waals surface area contributed by atoms with Crippen LogP contribution in [0, 0.1) is 6.92 Å². The Morgan fingerprint density at radius 3 is 3.00 bits per heavy atom. The van der Waals surface area contributed by atoms with Gasteiger partial charge in [0.25, 0.3) is 0 Å². The monoisotopic (exact) mass is 188 g/mol. The van der Waals surface area contributed by atoms with E-state index in [1.807, 2.05) is 0 Å². The molecule has 2 aliphatic heterocycles. The van der Waals surface area contributed by atoms with Crippen LogP contribution in [0.2, 0.25) is 0 Å². The van der Waals surface area contributed by atoms with Crippen molar-refractivity contribution in [2.75, 3.05) is 0 Å². The molecule has 2 bridgehead atoms. The molecule has 1 heteroatoms. The molecular weight excluding hydrogens is 176 g/mol. The molecule has 0 aliphatic carbocycles. The van der Waals surface area contributed by atoms with Crippen molar-refractivity contribution in [1.29, 1.82) is 0 Å². The second kappa shape index (κ2) is 2.21. The third-order valence-corrected chi connectivity index (χ3v) is 4.60. The first-order valence-corrected chi connectivity index (χ1v) is 5.56. The van der Waals surface area contributed by atoms with Crippen LogP contribution in [-0.2, 0) is 4.75 Å². The van der Waals surface area contributed by atoms with Crippen molar-refractivity contribution >= 4 is 11.8 Å². The van der Waals surface area contributed by atoms with Gasteiger partial charge in [0.05, 0.1) is 4.75 Å². The van der Waals surface area contributed by atoms with Crippen LogP contribution in [0.1, 0.15) is 28.9 Å². The third kappa shape index (κ3) is 0.833. The molecule has 2 atom stereocenters. The van der Waals surface area contributed by atoms with E-state index in [2.05, 4.69) is 56.0 Å². The van der Waals surface area contributed by atoms with Gasteiger partial charge in [-0.15, -0.1) is 11.8 Å². The van der Waals surface area contributed by atoms with Crippen molar-refractivity contribution in [1.82, 2.24) is 0 Å². The quantitative estimate of drug-likeness (QED) is 0.561. The molecule has 2 aliphatic rings. The molecule has 1 aromatic rings. The minimum Gasteiger partial charge on any atom is -0.134 e. The van der Waals surface area contributed by atoms with Crippen LogP contribution in [0.25, 0.3) is 0 Å². The fraction of sp³-hybridized carbons (Fsp3) is 0.333. The second-order valence-corrected chi connectivity index (χ2v) is 5.63. The lowest BCUT2D eigenvalue weighted by molar-refractivity contribution is 0.876. The molecule has 3 rings (SSSR count). The van der Waals surface area contributed by atoms with E-state index in [1.54, 1.807) is 5.56 Å². The summed E-state index contributed by atoms with van der Waals surface area (Å²) >= 11 is 2.07. The Labute approximate surface area is 83.0 Å². The first-order valence-electron chi connectivity index (χ1n) is 4.68. The van der Waals surface area contributed by atoms with E-state index in [0.717, 1.165) is 0 Å². The van der Waals surface area contributed by atoms with Gasteiger partial charge >= 0.3 is 0 Å². The topological polar surface area (TPSA) is 0 Å². The third-order valence-electron chi connectivity index (χ3n) is 3.10. The van der Waals surface area contributed by atoms with Gasteiger partial charge in [0.1, 0.15) is 0 Å². The number of benzene rings is 1. The van der Waals surface area contributed by atoms with Gasteiger partial charge in [0.2, 0.25) is 0 Å². The Morgan fingerprint density at radius 2 is 2.23 bits per heavy atom. The molecule has 0 saturated carbocycles. The summed E-state index contributed by atoms with van der Waals surface area (Å²) in [5, 5.41) is 0.626. The number of rotatable bonds is 0. The van der Waals surface area contributed by atoms with Crippen LogP contribution < -0.4 is 0 Å². The minimum absolute atomic E-state index is 0.270. The molecule has 0 saturated heterocycles. The van der Waals surface area contributed by atoms with Gasteiger partial charge in [-0.1, -0.05) is 30.4 Å². The van der Waals surface area contributed by atoms with E-state index >= 15 is 0 Å². The second-order valence-electron chi connectivity index (χ2n) is 4.04. The highest BCUT2D eigenvalue weighted by Gasteiger charge is 2.43. The lowest BCUT2D eigenvalue weighted by Gasteiger charge is -2.19. The summed E-state index contributed by atoms with van der Waals surface area (Å²) in [4.78, 5) is 0. The molecule has 0 spiro atoms. The Hall–Kier alpha value is -0.690. The molecule has 2 heterocycles. The summed E-state index contributed by atoms with van der Waals surface area (Å²) in [6.45, 7) is 4.54. The van der Waals surface area contributed by atoms with Gasteiger partial charge in [-0.3, -0.25) is 0 Å². The standard InChI is InChI=1S/C12H12S/c1-8-4-3-5-9-11(8)10-6-7-12(9,2)13-10/h3-7,10H,1-2H3/t10-,12-/m0/s1. The predicted octanol–water partition coefficient (Wildman–Crippen LogP) is 3.57. The lowest BCUT2D eigenvalue weighted by atomic mass is 9.87. The van der Waals surface area contributed by atoms with Crippen LogP contribution in [0.15, 0.2) is 30.4 Å². The van der Waals surface area contributed by atoms with Gasteiger partial charge in [-0.05, 0) is 30.5 Å². The van der Waals surface area contributed by atoms with Gasteiger partial charge in [0, 0.05) is 5.25 Å². The number of hydrogen-bond donors (Lipinski definition) is 0. The van der Waals surface area contributed by atoms with Crippen molar-refractivity contribution in [3.05, 3.63) is 47.0 Å². The van der Waals surface area contributed by atoms with E-state index < -0.39 is 0 Å². The predicted molar refractivity (Wildman–Crippen MR) is 58.0 cm³/mol. The molecule has 0 radical (unpaired) electrons. The maximum absolute atomic E-state index is 2.35. The van der Waals surface area contributed by atoms with Gasteiger partial charge < -0.3 is 0 Å². The van der Waals surface area contributed by atoms with E-state index in [1.165, 1.54) is 11.1 Å². The number of hydrogen-bond acceptors (Lipinski definition) is 1. The average molecular weight is 188 g/mol. The molecule has 0 nitrogen and oxygen atoms in total. The summed E-state index contributed by atoms with van der Waals surface area (Å²) in [6.07, 6.45) is 4.70. The van der Waals surface area contributed by atoms with E-state index in [-0.39, 0.29) is 4.75 Å². The van der Waals surface area contributed by atoms with Crippen LogP contribution in [0.3, 0.4) is 0 Å². The highest BCUT2D eigenvalue weighted by molar-refractivity contribution is 8.01. The molecule has 0 unspecified atom stereocenters. The zero-order valence-electron chi connectivity index (χ0n) is 7.87. The van der Waals surface area contributed by atoms with Crippen molar-refractivity contribution in [3.63, 3.8) is 0 Å². The maximum Gasteiger partial charge on any atom is 0.0572 e. The molecular formula is C12H12S. The fourth-order valence-corrected chi connectivity index (χ4v) is 3.99. The largest absolute Gasteiger partial charge is 0.134 e. The van der Waals surface area contributed by atoms with Crippen molar-refractivity contribution in [3.8, 4) is 0 Å². The van der Waals surface area contributed by atoms with Crippen LogP contribution in [0.5, 0.6) is 0 Å². The van der Waals surface area contributed by atoms with Crippen LogP contribution in [-0.4, -0.2) is 0 Å². The SMILES string of the molecule is Cc1cccc2c1[C@@H]1C=C[C@]2(C)S1. The molecule has 0 N–H and O–H groups in total. The first kappa shape index (κ1) is 7.69. The van der Waals surface area contributed by atoms with Crippen LogP contribution >= 0.6 is 11.8 Å². The lowest BCUT2D eigenvalue weighted by Crippen LogP contribution is -2.10. The highest BCUT2D eigenvalue weighted by atomic mass is 32.2. The minimum atomic E-state index is 0.270. The number of aryl methyl sites for hydroxylation is 1. The molecule has 0 fully saturated rings. The molecule has 66 valence electrons. The Morgan fingerprint density at radius 1 is 1.38 bits per heavy atom. The Balaban J connectivity index is 2.33. The zero-order valence-corrected chi connectivity index (χ0v) is 8.69.